The van der Waals surface area contributed by atoms with Crippen LogP contribution in [0.5, 0.6) is 11.5 Å². The number of carbonyl (C=O) groups is 1. The second-order valence-corrected chi connectivity index (χ2v) is 17.3. The molecule has 1 aromatic heterocycles. The predicted molar refractivity (Wildman–Crippen MR) is 191 cm³/mol. The number of azo groups is 2. The molecule has 0 aliphatic heterocycles. The maximum atomic E-state index is 13.2. The molecule has 0 amide bonds. The summed E-state index contributed by atoms with van der Waals surface area (Å²) in [6.07, 6.45) is 0. The van der Waals surface area contributed by atoms with E-state index >= 15 is 0 Å². The van der Waals surface area contributed by atoms with Crippen LogP contribution in [-0.2, 0) is 44.7 Å². The van der Waals surface area contributed by atoms with Crippen LogP contribution in [0.3, 0.4) is 0 Å². The summed E-state index contributed by atoms with van der Waals surface area (Å²) < 4.78 is 127. The van der Waals surface area contributed by atoms with Crippen LogP contribution in [0, 0.1) is 6.92 Å². The van der Waals surface area contributed by atoms with Crippen LogP contribution < -0.4 is 10.4 Å². The molecule has 57 heavy (non-hydrogen) atoms. The van der Waals surface area contributed by atoms with E-state index in [9.17, 15) is 67.8 Å². The Morgan fingerprint density at radius 1 is 0.807 bits per heavy atom. The molecule has 24 nitrogen and oxygen atoms in total. The highest BCUT2D eigenvalue weighted by Gasteiger charge is 2.25. The molecule has 0 saturated heterocycles. The Hall–Kier alpha value is -5.98. The van der Waals surface area contributed by atoms with Crippen molar-refractivity contribution in [2.45, 2.75) is 21.6 Å². The van der Waals surface area contributed by atoms with Gasteiger partial charge in [-0.05, 0) is 66.4 Å². The SMILES string of the molecule is Cc1cc(N=Nc2c(S(=O)(=O)O)cc3ccc(N=Nc4c(C(=O)O)[nH]n(-c5ccc(S(=O)(=O)O)cc5)c4=O)cc3c2O)c(OO)cc1S(=O)(=O)CCOS(=O)(=O)O. The van der Waals surface area contributed by atoms with E-state index in [0.717, 1.165) is 48.5 Å². The third-order valence-electron chi connectivity index (χ3n) is 7.58. The molecule has 0 radical (unpaired) electrons. The van der Waals surface area contributed by atoms with E-state index < -0.39 is 113 Å². The Balaban J connectivity index is 1.55. The molecule has 0 spiro atoms. The minimum Gasteiger partial charge on any atom is -0.505 e. The highest BCUT2D eigenvalue weighted by atomic mass is 32.3. The van der Waals surface area contributed by atoms with Crippen LogP contribution in [0.15, 0.2) is 101 Å². The van der Waals surface area contributed by atoms with Crippen molar-refractivity contribution in [1.29, 1.82) is 0 Å². The average Bonchev–Trinajstić information content (AvgIpc) is 3.44. The number of phenolic OH excluding ortho intramolecular Hbond substituents is 1. The maximum absolute atomic E-state index is 13.2. The summed E-state index contributed by atoms with van der Waals surface area (Å²) in [6, 6.07) is 10.2. The molecule has 28 heteroatoms. The lowest BCUT2D eigenvalue weighted by Crippen LogP contribution is -2.16. The molecule has 0 bridgehead atoms. The maximum Gasteiger partial charge on any atom is 0.397 e. The van der Waals surface area contributed by atoms with Gasteiger partial charge in [0.25, 0.3) is 25.8 Å². The number of carboxylic acids is 1. The number of sulfone groups is 1. The summed E-state index contributed by atoms with van der Waals surface area (Å²) in [4.78, 5) is 27.3. The number of rotatable bonds is 14. The van der Waals surface area contributed by atoms with Crippen LogP contribution >= 0.6 is 0 Å². The fraction of sp³-hybridized carbons (Fsp3) is 0.103. The van der Waals surface area contributed by atoms with Gasteiger partial charge in [-0.25, -0.2) is 27.3 Å². The first-order valence-electron chi connectivity index (χ1n) is 15.0. The number of aromatic carboxylic acids is 1. The summed E-state index contributed by atoms with van der Waals surface area (Å²) >= 11 is 0. The fourth-order valence-corrected chi connectivity index (χ4v) is 7.91. The molecule has 302 valence electrons. The standard InChI is InChI=1S/C29H24N6O18S4/c1-14-10-20(21(53-40)13-22(14)54(41,42)9-8-52-57(49,50)51)31-32-24-23(56(46,47)48)11-15-2-3-16(12-19(15)27(24)36)30-33-25-26(29(38)39)34-35(28(25)37)17-4-6-18(7-5-17)55(43,44)45/h2-7,10-13,34,36,40H,8-9H2,1H3,(H,38,39)(H,43,44,45)(H,46,47,48)(H,49,50,51). The number of carboxylic acid groups (broad SMARTS) is 1. The smallest absolute Gasteiger partial charge is 0.397 e. The number of nitrogens with one attached hydrogen (secondary N) is 1. The second kappa shape index (κ2) is 15.5. The van der Waals surface area contributed by atoms with Crippen molar-refractivity contribution < 1.29 is 76.7 Å². The monoisotopic (exact) mass is 872 g/mol. The van der Waals surface area contributed by atoms with Crippen molar-refractivity contribution in [3.8, 4) is 17.2 Å². The van der Waals surface area contributed by atoms with Crippen LogP contribution in [0.4, 0.5) is 22.7 Å². The van der Waals surface area contributed by atoms with E-state index in [1.807, 2.05) is 0 Å². The van der Waals surface area contributed by atoms with E-state index in [2.05, 4.69) is 34.6 Å². The summed E-state index contributed by atoms with van der Waals surface area (Å²) in [5.41, 5.74) is -4.17. The molecule has 0 fully saturated rings. The van der Waals surface area contributed by atoms with Crippen LogP contribution in [-0.4, -0.2) is 90.9 Å². The molecule has 0 aliphatic rings. The lowest BCUT2D eigenvalue weighted by Gasteiger charge is -2.11. The van der Waals surface area contributed by atoms with Gasteiger partial charge in [-0.2, -0.15) is 30.4 Å². The Morgan fingerprint density at radius 2 is 1.46 bits per heavy atom. The third-order valence-corrected chi connectivity index (χ3v) is 11.6. The lowest BCUT2D eigenvalue weighted by molar-refractivity contribution is -0.137. The molecular weight excluding hydrogens is 849 g/mol. The van der Waals surface area contributed by atoms with Gasteiger partial charge in [-0.15, -0.1) is 15.3 Å². The van der Waals surface area contributed by atoms with E-state index in [4.69, 9.17) is 4.55 Å². The van der Waals surface area contributed by atoms with Crippen LogP contribution in [0.2, 0.25) is 0 Å². The van der Waals surface area contributed by atoms with Gasteiger partial charge in [0.1, 0.15) is 16.3 Å². The topological polar surface area (TPSA) is 381 Å². The molecule has 5 rings (SSSR count). The average molecular weight is 873 g/mol. The number of aromatic hydroxyl groups is 1. The summed E-state index contributed by atoms with van der Waals surface area (Å²) in [5.74, 6) is -4.23. The van der Waals surface area contributed by atoms with Crippen molar-refractivity contribution in [2.75, 3.05) is 12.4 Å². The molecule has 0 unspecified atom stereocenters. The number of nitrogens with zero attached hydrogens (tertiary/aromatic N) is 5. The molecule has 0 saturated carbocycles. The van der Waals surface area contributed by atoms with E-state index in [-0.39, 0.29) is 27.7 Å². The summed E-state index contributed by atoms with van der Waals surface area (Å²) in [7, 11) is -19.0. The predicted octanol–water partition coefficient (Wildman–Crippen LogP) is 3.80. The third kappa shape index (κ3) is 9.36. The zero-order chi connectivity index (χ0) is 42.2. The first kappa shape index (κ1) is 42.2. The fourth-order valence-electron chi connectivity index (χ4n) is 5.01. The molecule has 1 heterocycles. The van der Waals surface area contributed by atoms with Crippen molar-refractivity contribution in [1.82, 2.24) is 9.78 Å². The Morgan fingerprint density at radius 3 is 2.04 bits per heavy atom. The quantitative estimate of drug-likeness (QED) is 0.0361. The van der Waals surface area contributed by atoms with Crippen LogP contribution in [0.1, 0.15) is 16.1 Å². The molecule has 0 atom stereocenters. The van der Waals surface area contributed by atoms with E-state index in [0.29, 0.717) is 4.68 Å². The van der Waals surface area contributed by atoms with Gasteiger partial charge in [0.05, 0.1) is 33.5 Å². The van der Waals surface area contributed by atoms with Gasteiger partial charge >= 0.3 is 16.4 Å². The van der Waals surface area contributed by atoms with E-state index in [1.165, 1.54) is 19.1 Å². The second-order valence-electron chi connectivity index (χ2n) is 11.3. The van der Waals surface area contributed by atoms with Gasteiger partial charge in [0, 0.05) is 11.5 Å². The summed E-state index contributed by atoms with van der Waals surface area (Å²) in [5, 5.41) is 47.4. The van der Waals surface area contributed by atoms with Crippen molar-refractivity contribution in [3.05, 3.63) is 82.3 Å². The lowest BCUT2D eigenvalue weighted by atomic mass is 10.1. The summed E-state index contributed by atoms with van der Waals surface area (Å²) in [6.45, 7) is 0.268. The number of hydrogen-bond donors (Lipinski definition) is 7. The highest BCUT2D eigenvalue weighted by Crippen LogP contribution is 2.43. The number of hydrogen-bond acceptors (Lipinski definition) is 18. The zero-order valence-corrected chi connectivity index (χ0v) is 31.4. The Labute approximate surface area is 319 Å². The van der Waals surface area contributed by atoms with Crippen LogP contribution in [0.25, 0.3) is 16.5 Å². The number of H-pyrrole nitrogens is 1. The molecule has 0 aliphatic carbocycles. The molecule has 7 N–H and O–H groups in total. The largest absolute Gasteiger partial charge is 0.505 e. The minimum absolute atomic E-state index is 0.0376. The van der Waals surface area contributed by atoms with Crippen molar-refractivity contribution >= 4 is 80.0 Å². The number of benzene rings is 4. The Kier molecular flexibility index (Phi) is 11.5. The van der Waals surface area contributed by atoms with Gasteiger partial charge in [-0.1, -0.05) is 6.07 Å². The van der Waals surface area contributed by atoms with Gasteiger partial charge in [0.15, 0.2) is 32.7 Å². The molecule has 5 aromatic rings. The van der Waals surface area contributed by atoms with Gasteiger partial charge in [0.2, 0.25) is 0 Å². The van der Waals surface area contributed by atoms with Crippen molar-refractivity contribution in [2.24, 2.45) is 20.5 Å². The van der Waals surface area contributed by atoms with E-state index in [1.54, 1.807) is 0 Å². The normalized spacial score (nSPS) is 12.9. The highest BCUT2D eigenvalue weighted by molar-refractivity contribution is 7.91. The van der Waals surface area contributed by atoms with Gasteiger partial charge in [-0.3, -0.25) is 23.6 Å². The minimum atomic E-state index is -5.15. The number of phenols is 1. The zero-order valence-electron chi connectivity index (χ0n) is 28.1. The van der Waals surface area contributed by atoms with Crippen molar-refractivity contribution in [3.63, 3.8) is 0 Å². The molecular formula is C29H24N6O18S4. The molecule has 4 aromatic carbocycles. The number of aromatic amines is 1. The number of fused-ring (bicyclic) bond motifs is 1. The number of aromatic nitrogens is 2. The first-order chi connectivity index (χ1) is 26.4. The Bertz CT molecular complexity index is 3030. The van der Waals surface area contributed by atoms with Gasteiger partial charge < -0.3 is 15.1 Å². The number of aryl methyl sites for hydroxylation is 1. The first-order valence-corrected chi connectivity index (χ1v) is 20.9.